The molecule has 2 fully saturated rings. The maximum Gasteiger partial charge on any atom is 0.166 e. The number of morpholine rings is 1. The van der Waals surface area contributed by atoms with Crippen LogP contribution < -0.4 is 10.6 Å². The van der Waals surface area contributed by atoms with E-state index in [9.17, 15) is 0 Å². The van der Waals surface area contributed by atoms with Gasteiger partial charge < -0.3 is 20.1 Å². The highest BCUT2D eigenvalue weighted by atomic mass is 32.1. The predicted octanol–water partition coefficient (Wildman–Crippen LogP) is 0.742. The number of hydrogen-bond acceptors (Lipinski definition) is 4. The van der Waals surface area contributed by atoms with Crippen molar-refractivity contribution in [3.8, 4) is 0 Å². The van der Waals surface area contributed by atoms with Crippen LogP contribution in [0.1, 0.15) is 25.7 Å². The van der Waals surface area contributed by atoms with Crippen LogP contribution in [0.5, 0.6) is 0 Å². The number of rotatable bonds is 7. The predicted molar refractivity (Wildman–Crippen MR) is 84.1 cm³/mol. The third-order valence-electron chi connectivity index (χ3n) is 3.82. The van der Waals surface area contributed by atoms with Crippen molar-refractivity contribution < 1.29 is 9.47 Å². The minimum Gasteiger partial charge on any atom is -0.379 e. The van der Waals surface area contributed by atoms with Crippen LogP contribution in [0.3, 0.4) is 0 Å². The first-order valence-corrected chi connectivity index (χ1v) is 8.19. The van der Waals surface area contributed by atoms with E-state index in [0.29, 0.717) is 6.10 Å². The highest BCUT2D eigenvalue weighted by Crippen LogP contribution is 2.14. The number of ether oxygens (including phenoxy) is 2. The van der Waals surface area contributed by atoms with E-state index >= 15 is 0 Å². The van der Waals surface area contributed by atoms with Crippen molar-refractivity contribution >= 4 is 17.3 Å². The van der Waals surface area contributed by atoms with Crippen molar-refractivity contribution in [1.82, 2.24) is 15.5 Å². The second-order valence-electron chi connectivity index (χ2n) is 5.41. The van der Waals surface area contributed by atoms with E-state index in [-0.39, 0.29) is 0 Å². The first-order chi connectivity index (χ1) is 9.84. The van der Waals surface area contributed by atoms with Crippen molar-refractivity contribution in [3.05, 3.63) is 0 Å². The van der Waals surface area contributed by atoms with E-state index in [4.69, 9.17) is 21.7 Å². The second kappa shape index (κ2) is 9.50. The standard InChI is InChI=1S/C14H27N3O2S/c20-14(16-6-4-13-3-1-10-19-13)15-5-2-7-17-8-11-18-12-9-17/h13H,1-12H2,(H2,15,16,20). The smallest absolute Gasteiger partial charge is 0.166 e. The molecule has 5 nitrogen and oxygen atoms in total. The lowest BCUT2D eigenvalue weighted by Gasteiger charge is -2.26. The highest BCUT2D eigenvalue weighted by molar-refractivity contribution is 7.80. The van der Waals surface area contributed by atoms with E-state index in [1.54, 1.807) is 0 Å². The molecule has 2 aliphatic rings. The fourth-order valence-electron chi connectivity index (χ4n) is 2.61. The lowest BCUT2D eigenvalue weighted by molar-refractivity contribution is 0.0376. The van der Waals surface area contributed by atoms with Crippen LogP contribution in [-0.2, 0) is 9.47 Å². The summed E-state index contributed by atoms with van der Waals surface area (Å²) in [4.78, 5) is 2.44. The Bertz CT molecular complexity index is 280. The Kier molecular flexibility index (Phi) is 7.57. The van der Waals surface area contributed by atoms with E-state index in [0.717, 1.165) is 70.5 Å². The van der Waals surface area contributed by atoms with Gasteiger partial charge in [-0.05, 0) is 44.4 Å². The molecule has 116 valence electrons. The van der Waals surface area contributed by atoms with Gasteiger partial charge in [0.15, 0.2) is 5.11 Å². The van der Waals surface area contributed by atoms with Gasteiger partial charge >= 0.3 is 0 Å². The Morgan fingerprint density at radius 3 is 2.70 bits per heavy atom. The average molecular weight is 301 g/mol. The van der Waals surface area contributed by atoms with Gasteiger partial charge in [-0.2, -0.15) is 0 Å². The van der Waals surface area contributed by atoms with E-state index < -0.39 is 0 Å². The SMILES string of the molecule is S=C(NCCCN1CCOCC1)NCCC1CCCO1. The molecular formula is C14H27N3O2S. The van der Waals surface area contributed by atoms with Crippen LogP contribution in [0.15, 0.2) is 0 Å². The minimum absolute atomic E-state index is 0.437. The Morgan fingerprint density at radius 2 is 1.95 bits per heavy atom. The molecule has 0 aromatic carbocycles. The van der Waals surface area contributed by atoms with Gasteiger partial charge in [-0.15, -0.1) is 0 Å². The fourth-order valence-corrected chi connectivity index (χ4v) is 2.81. The molecule has 20 heavy (non-hydrogen) atoms. The Hall–Kier alpha value is -0.430. The van der Waals surface area contributed by atoms with E-state index in [2.05, 4.69) is 15.5 Å². The summed E-state index contributed by atoms with van der Waals surface area (Å²) in [6, 6.07) is 0. The topological polar surface area (TPSA) is 45.8 Å². The molecule has 2 heterocycles. The van der Waals surface area contributed by atoms with Crippen molar-refractivity contribution in [1.29, 1.82) is 0 Å². The van der Waals surface area contributed by atoms with Gasteiger partial charge in [0, 0.05) is 32.8 Å². The summed E-state index contributed by atoms with van der Waals surface area (Å²) in [7, 11) is 0. The summed E-state index contributed by atoms with van der Waals surface area (Å²) in [5.41, 5.74) is 0. The molecule has 1 atom stereocenters. The summed E-state index contributed by atoms with van der Waals surface area (Å²) in [5, 5.41) is 7.29. The molecule has 0 saturated carbocycles. The monoisotopic (exact) mass is 301 g/mol. The Morgan fingerprint density at radius 1 is 1.15 bits per heavy atom. The molecular weight excluding hydrogens is 274 g/mol. The van der Waals surface area contributed by atoms with Crippen molar-refractivity contribution in [2.75, 3.05) is 52.5 Å². The van der Waals surface area contributed by atoms with Gasteiger partial charge in [-0.3, -0.25) is 4.90 Å². The van der Waals surface area contributed by atoms with Crippen LogP contribution >= 0.6 is 12.2 Å². The summed E-state index contributed by atoms with van der Waals surface area (Å²) >= 11 is 5.27. The molecule has 0 aromatic heterocycles. The third-order valence-corrected chi connectivity index (χ3v) is 4.10. The number of nitrogens with zero attached hydrogens (tertiary/aromatic N) is 1. The van der Waals surface area contributed by atoms with Gasteiger partial charge in [-0.1, -0.05) is 0 Å². The average Bonchev–Trinajstić information content (AvgIpc) is 2.98. The molecule has 0 spiro atoms. The Labute approximate surface area is 127 Å². The van der Waals surface area contributed by atoms with Gasteiger partial charge in [0.05, 0.1) is 19.3 Å². The van der Waals surface area contributed by atoms with Crippen LogP contribution in [0.25, 0.3) is 0 Å². The molecule has 0 bridgehead atoms. The first-order valence-electron chi connectivity index (χ1n) is 7.78. The molecule has 1 unspecified atom stereocenters. The summed E-state index contributed by atoms with van der Waals surface area (Å²) in [6.07, 6.45) is 5.01. The Balaban J connectivity index is 1.41. The number of thiocarbonyl (C=S) groups is 1. The molecule has 0 radical (unpaired) electrons. The van der Waals surface area contributed by atoms with Crippen LogP contribution in [0.4, 0.5) is 0 Å². The maximum atomic E-state index is 5.58. The zero-order chi connectivity index (χ0) is 14.0. The van der Waals surface area contributed by atoms with E-state index in [1.165, 1.54) is 12.8 Å². The summed E-state index contributed by atoms with van der Waals surface area (Å²) in [6.45, 7) is 7.74. The summed E-state index contributed by atoms with van der Waals surface area (Å²) in [5.74, 6) is 0. The number of nitrogens with one attached hydrogen (secondary N) is 2. The molecule has 2 rings (SSSR count). The van der Waals surface area contributed by atoms with Crippen LogP contribution in [-0.4, -0.2) is 68.7 Å². The summed E-state index contributed by atoms with van der Waals surface area (Å²) < 4.78 is 10.9. The van der Waals surface area contributed by atoms with Crippen molar-refractivity contribution in [2.45, 2.75) is 31.8 Å². The highest BCUT2D eigenvalue weighted by Gasteiger charge is 2.14. The fraction of sp³-hybridized carbons (Fsp3) is 0.929. The third kappa shape index (κ3) is 6.35. The lowest BCUT2D eigenvalue weighted by Crippen LogP contribution is -2.40. The quantitative estimate of drug-likeness (QED) is 0.534. The van der Waals surface area contributed by atoms with Gasteiger partial charge in [0.25, 0.3) is 0 Å². The molecule has 2 N–H and O–H groups in total. The molecule has 2 saturated heterocycles. The maximum absolute atomic E-state index is 5.58. The first kappa shape index (κ1) is 15.9. The normalized spacial score (nSPS) is 23.7. The van der Waals surface area contributed by atoms with Crippen LogP contribution in [0.2, 0.25) is 0 Å². The minimum atomic E-state index is 0.437. The second-order valence-corrected chi connectivity index (χ2v) is 5.82. The zero-order valence-electron chi connectivity index (χ0n) is 12.2. The van der Waals surface area contributed by atoms with Crippen LogP contribution in [0, 0.1) is 0 Å². The van der Waals surface area contributed by atoms with Crippen molar-refractivity contribution in [2.24, 2.45) is 0 Å². The molecule has 0 amide bonds. The van der Waals surface area contributed by atoms with E-state index in [1.807, 2.05) is 0 Å². The molecule has 2 aliphatic heterocycles. The molecule has 0 aliphatic carbocycles. The van der Waals surface area contributed by atoms with Gasteiger partial charge in [0.2, 0.25) is 0 Å². The lowest BCUT2D eigenvalue weighted by atomic mass is 10.2. The van der Waals surface area contributed by atoms with Crippen molar-refractivity contribution in [3.63, 3.8) is 0 Å². The molecule has 0 aromatic rings. The molecule has 6 heteroatoms. The number of hydrogen-bond donors (Lipinski definition) is 2. The van der Waals surface area contributed by atoms with Gasteiger partial charge in [0.1, 0.15) is 0 Å². The largest absolute Gasteiger partial charge is 0.379 e. The zero-order valence-corrected chi connectivity index (χ0v) is 13.1. The van der Waals surface area contributed by atoms with Gasteiger partial charge in [-0.25, -0.2) is 0 Å².